The van der Waals surface area contributed by atoms with Gasteiger partial charge in [-0.3, -0.25) is 0 Å². The Morgan fingerprint density at radius 2 is 2.11 bits per heavy atom. The molecular formula is C17H22O2. The Labute approximate surface area is 115 Å². The van der Waals surface area contributed by atoms with Crippen molar-refractivity contribution < 1.29 is 9.53 Å². The molecule has 0 aliphatic heterocycles. The number of Topliss-reactive ketones (excluding diaryl/α,β-unsaturated/α-hetero) is 1. The number of allylic oxidation sites excluding steroid dienone is 2. The van der Waals surface area contributed by atoms with E-state index >= 15 is 0 Å². The minimum absolute atomic E-state index is 0.223. The Morgan fingerprint density at radius 1 is 1.37 bits per heavy atom. The second-order valence-corrected chi connectivity index (χ2v) is 4.57. The fourth-order valence-electron chi connectivity index (χ4n) is 1.71. The van der Waals surface area contributed by atoms with Crippen molar-refractivity contribution in [1.82, 2.24) is 0 Å². The number of hydrogen-bond donors (Lipinski definition) is 0. The number of ether oxygens (including phenoxy) is 1. The van der Waals surface area contributed by atoms with Crippen LogP contribution in [0.2, 0.25) is 0 Å². The second kappa shape index (κ2) is 9.29. The molecule has 1 atom stereocenters. The molecule has 0 radical (unpaired) electrons. The predicted molar refractivity (Wildman–Crippen MR) is 78.8 cm³/mol. The first kappa shape index (κ1) is 15.4. The van der Waals surface area contributed by atoms with Crippen LogP contribution in [0.3, 0.4) is 0 Å². The van der Waals surface area contributed by atoms with Gasteiger partial charge in [0.2, 0.25) is 0 Å². The third kappa shape index (κ3) is 7.37. The van der Waals surface area contributed by atoms with E-state index in [0.29, 0.717) is 19.6 Å². The van der Waals surface area contributed by atoms with Gasteiger partial charge in [-0.15, -0.1) is 6.58 Å². The monoisotopic (exact) mass is 258 g/mol. The summed E-state index contributed by atoms with van der Waals surface area (Å²) in [4.78, 5) is 10.9. The molecule has 0 bridgehead atoms. The molecule has 1 unspecified atom stereocenters. The topological polar surface area (TPSA) is 26.3 Å². The molecule has 0 spiro atoms. The van der Waals surface area contributed by atoms with Crippen molar-refractivity contribution in [2.75, 3.05) is 6.61 Å². The summed E-state index contributed by atoms with van der Waals surface area (Å²) in [5, 5.41) is 0. The van der Waals surface area contributed by atoms with Gasteiger partial charge >= 0.3 is 0 Å². The first-order valence-corrected chi connectivity index (χ1v) is 6.62. The average Bonchev–Trinajstić information content (AvgIpc) is 2.42. The second-order valence-electron chi connectivity index (χ2n) is 4.57. The number of ketones is 1. The van der Waals surface area contributed by atoms with Gasteiger partial charge < -0.3 is 9.53 Å². The van der Waals surface area contributed by atoms with Crippen molar-refractivity contribution in [2.45, 2.75) is 26.4 Å². The van der Waals surface area contributed by atoms with E-state index in [0.717, 1.165) is 6.42 Å². The number of rotatable bonds is 9. The standard InChI is InChI=1S/C17H22O2/c1-3-16(12-11-15(2)18)10-7-13-19-14-17-8-5-4-6-9-17/h3-10,16H,1,11-14H2,2H3/b10-7+. The summed E-state index contributed by atoms with van der Waals surface area (Å²) in [6, 6.07) is 10.1. The fraction of sp³-hybridized carbons (Fsp3) is 0.353. The van der Waals surface area contributed by atoms with Crippen LogP contribution in [0.25, 0.3) is 0 Å². The first-order valence-electron chi connectivity index (χ1n) is 6.62. The molecular weight excluding hydrogens is 236 g/mol. The Morgan fingerprint density at radius 3 is 2.74 bits per heavy atom. The van der Waals surface area contributed by atoms with Gasteiger partial charge in [0.15, 0.2) is 0 Å². The highest BCUT2D eigenvalue weighted by Gasteiger charge is 2.01. The van der Waals surface area contributed by atoms with E-state index < -0.39 is 0 Å². The molecule has 1 rings (SSSR count). The van der Waals surface area contributed by atoms with Crippen LogP contribution in [0.5, 0.6) is 0 Å². The zero-order valence-corrected chi connectivity index (χ0v) is 11.5. The van der Waals surface area contributed by atoms with Crippen LogP contribution in [-0.2, 0) is 16.1 Å². The van der Waals surface area contributed by atoms with Gasteiger partial charge in [0, 0.05) is 6.42 Å². The summed E-state index contributed by atoms with van der Waals surface area (Å²) >= 11 is 0. The lowest BCUT2D eigenvalue weighted by Crippen LogP contribution is -1.98. The number of hydrogen-bond acceptors (Lipinski definition) is 2. The minimum atomic E-state index is 0.223. The van der Waals surface area contributed by atoms with Crippen LogP contribution >= 0.6 is 0 Å². The van der Waals surface area contributed by atoms with Crippen molar-refractivity contribution in [3.63, 3.8) is 0 Å². The summed E-state index contributed by atoms with van der Waals surface area (Å²) in [7, 11) is 0. The van der Waals surface area contributed by atoms with E-state index in [1.165, 1.54) is 5.56 Å². The van der Waals surface area contributed by atoms with Crippen LogP contribution in [0.15, 0.2) is 55.1 Å². The Hall–Kier alpha value is -1.67. The molecule has 0 amide bonds. The summed E-state index contributed by atoms with van der Waals surface area (Å²) in [5.41, 5.74) is 1.17. The molecule has 0 heterocycles. The van der Waals surface area contributed by atoms with Crippen molar-refractivity contribution in [3.8, 4) is 0 Å². The minimum Gasteiger partial charge on any atom is -0.373 e. The molecule has 0 fully saturated rings. The molecule has 0 saturated carbocycles. The maximum atomic E-state index is 10.9. The van der Waals surface area contributed by atoms with Crippen LogP contribution in [-0.4, -0.2) is 12.4 Å². The average molecular weight is 258 g/mol. The van der Waals surface area contributed by atoms with Gasteiger partial charge in [0.05, 0.1) is 13.2 Å². The molecule has 2 heteroatoms. The zero-order valence-electron chi connectivity index (χ0n) is 11.5. The molecule has 0 saturated heterocycles. The molecule has 0 aliphatic carbocycles. The SMILES string of the molecule is C=CC(/C=C/COCc1ccccc1)CCC(C)=O. The number of carbonyl (C=O) groups is 1. The summed E-state index contributed by atoms with van der Waals surface area (Å²) in [5.74, 6) is 0.477. The van der Waals surface area contributed by atoms with Gasteiger partial charge in [-0.05, 0) is 24.8 Å². The molecule has 0 N–H and O–H groups in total. The molecule has 0 aromatic heterocycles. The fourth-order valence-corrected chi connectivity index (χ4v) is 1.71. The lowest BCUT2D eigenvalue weighted by Gasteiger charge is -2.05. The lowest BCUT2D eigenvalue weighted by atomic mass is 10.0. The van der Waals surface area contributed by atoms with E-state index in [1.54, 1.807) is 6.92 Å². The van der Waals surface area contributed by atoms with E-state index in [2.05, 4.69) is 12.7 Å². The van der Waals surface area contributed by atoms with Gasteiger partial charge in [-0.2, -0.15) is 0 Å². The third-order valence-corrected chi connectivity index (χ3v) is 2.84. The third-order valence-electron chi connectivity index (χ3n) is 2.84. The van der Waals surface area contributed by atoms with Crippen LogP contribution < -0.4 is 0 Å². The largest absolute Gasteiger partial charge is 0.373 e. The highest BCUT2D eigenvalue weighted by Crippen LogP contribution is 2.10. The van der Waals surface area contributed by atoms with Crippen molar-refractivity contribution in [2.24, 2.45) is 5.92 Å². The summed E-state index contributed by atoms with van der Waals surface area (Å²) in [6.07, 6.45) is 7.35. The summed E-state index contributed by atoms with van der Waals surface area (Å²) < 4.78 is 5.55. The number of carbonyl (C=O) groups excluding carboxylic acids is 1. The normalized spacial score (nSPS) is 12.5. The Balaban J connectivity index is 2.21. The van der Waals surface area contributed by atoms with E-state index in [4.69, 9.17) is 4.74 Å². The van der Waals surface area contributed by atoms with Gasteiger partial charge in [0.1, 0.15) is 5.78 Å². The highest BCUT2D eigenvalue weighted by molar-refractivity contribution is 5.75. The zero-order chi connectivity index (χ0) is 13.9. The predicted octanol–water partition coefficient (Wildman–Crippen LogP) is 3.93. The van der Waals surface area contributed by atoms with Crippen LogP contribution in [0, 0.1) is 5.92 Å². The quantitative estimate of drug-likeness (QED) is 0.495. The smallest absolute Gasteiger partial charge is 0.129 e. The van der Waals surface area contributed by atoms with E-state index in [-0.39, 0.29) is 11.7 Å². The van der Waals surface area contributed by atoms with Crippen molar-refractivity contribution in [1.29, 1.82) is 0 Å². The van der Waals surface area contributed by atoms with Gasteiger partial charge in [-0.1, -0.05) is 48.6 Å². The first-order chi connectivity index (χ1) is 9.22. The Kier molecular flexibility index (Phi) is 7.52. The molecule has 1 aromatic carbocycles. The maximum Gasteiger partial charge on any atom is 0.129 e. The Bertz CT molecular complexity index is 407. The number of benzene rings is 1. The van der Waals surface area contributed by atoms with Crippen LogP contribution in [0.1, 0.15) is 25.3 Å². The molecule has 0 aliphatic rings. The van der Waals surface area contributed by atoms with E-state index in [9.17, 15) is 4.79 Å². The molecule has 102 valence electrons. The molecule has 1 aromatic rings. The lowest BCUT2D eigenvalue weighted by molar-refractivity contribution is -0.117. The van der Waals surface area contributed by atoms with Crippen molar-refractivity contribution >= 4 is 5.78 Å². The van der Waals surface area contributed by atoms with Crippen LogP contribution in [0.4, 0.5) is 0 Å². The van der Waals surface area contributed by atoms with Gasteiger partial charge in [0.25, 0.3) is 0 Å². The maximum absolute atomic E-state index is 10.9. The van der Waals surface area contributed by atoms with E-state index in [1.807, 2.05) is 42.5 Å². The highest BCUT2D eigenvalue weighted by atomic mass is 16.5. The summed E-state index contributed by atoms with van der Waals surface area (Å²) in [6.45, 7) is 6.61. The molecule has 2 nitrogen and oxygen atoms in total. The molecule has 19 heavy (non-hydrogen) atoms. The van der Waals surface area contributed by atoms with Gasteiger partial charge in [-0.25, -0.2) is 0 Å². The van der Waals surface area contributed by atoms with Crippen molar-refractivity contribution in [3.05, 3.63) is 60.7 Å².